The number of nitrogens with one attached hydrogen (secondary N) is 1. The van der Waals surface area contributed by atoms with Gasteiger partial charge in [0.25, 0.3) is 0 Å². The van der Waals surface area contributed by atoms with Gasteiger partial charge in [0.15, 0.2) is 0 Å². The van der Waals surface area contributed by atoms with Crippen molar-refractivity contribution in [1.82, 2.24) is 15.1 Å². The van der Waals surface area contributed by atoms with Gasteiger partial charge in [0.05, 0.1) is 0 Å². The van der Waals surface area contributed by atoms with Gasteiger partial charge in [-0.25, -0.2) is 0 Å². The summed E-state index contributed by atoms with van der Waals surface area (Å²) >= 11 is 0. The molecule has 6 heteroatoms. The maximum absolute atomic E-state index is 13.1. The minimum Gasteiger partial charge on any atom is -0.353 e. The largest absolute Gasteiger partial charge is 0.353 e. The van der Waals surface area contributed by atoms with Crippen LogP contribution in [0.4, 0.5) is 0 Å². The summed E-state index contributed by atoms with van der Waals surface area (Å²) in [6.45, 7) is 6.07. The summed E-state index contributed by atoms with van der Waals surface area (Å²) in [5.41, 5.74) is 0. The van der Waals surface area contributed by atoms with Crippen molar-refractivity contribution in [3.05, 3.63) is 0 Å². The Kier molecular flexibility index (Phi) is 6.77. The van der Waals surface area contributed by atoms with E-state index in [4.69, 9.17) is 0 Å². The minimum absolute atomic E-state index is 0.0808. The Balaban J connectivity index is 1.50. The molecule has 1 N–H and O–H groups in total. The van der Waals surface area contributed by atoms with E-state index in [0.29, 0.717) is 26.1 Å². The Bertz CT molecular complexity index is 549. The molecular weight excluding hydrogens is 342 g/mol. The van der Waals surface area contributed by atoms with Crippen molar-refractivity contribution in [2.24, 2.45) is 11.8 Å². The maximum atomic E-state index is 13.1. The van der Waals surface area contributed by atoms with Gasteiger partial charge in [0.2, 0.25) is 17.7 Å². The highest BCUT2D eigenvalue weighted by molar-refractivity contribution is 5.89. The summed E-state index contributed by atoms with van der Waals surface area (Å²) in [5, 5.41) is 3.22. The number of likely N-dealkylation sites (tertiary alicyclic amines) is 2. The van der Waals surface area contributed by atoms with Gasteiger partial charge in [-0.1, -0.05) is 33.1 Å². The molecule has 3 aliphatic rings. The lowest BCUT2D eigenvalue weighted by atomic mass is 9.88. The van der Waals surface area contributed by atoms with Crippen LogP contribution in [0.5, 0.6) is 0 Å². The van der Waals surface area contributed by atoms with E-state index in [0.717, 1.165) is 44.9 Å². The van der Waals surface area contributed by atoms with Gasteiger partial charge in [0.1, 0.15) is 6.04 Å². The number of carbonyl (C=O) groups is 3. The van der Waals surface area contributed by atoms with Crippen LogP contribution in [0, 0.1) is 11.8 Å². The lowest BCUT2D eigenvalue weighted by Crippen LogP contribution is -2.55. The summed E-state index contributed by atoms with van der Waals surface area (Å²) in [5.74, 6) is 0.698. The molecule has 1 atom stereocenters. The molecule has 6 nitrogen and oxygen atoms in total. The first-order valence-corrected chi connectivity index (χ1v) is 10.9. The quantitative estimate of drug-likeness (QED) is 0.799. The zero-order chi connectivity index (χ0) is 19.4. The van der Waals surface area contributed by atoms with Gasteiger partial charge >= 0.3 is 0 Å². The Morgan fingerprint density at radius 2 is 1.63 bits per heavy atom. The minimum atomic E-state index is -0.339. The fourth-order valence-corrected chi connectivity index (χ4v) is 4.86. The third-order valence-electron chi connectivity index (χ3n) is 6.46. The molecule has 0 aromatic heterocycles. The Labute approximate surface area is 163 Å². The number of amides is 3. The molecule has 0 aromatic carbocycles. The number of rotatable bonds is 5. The van der Waals surface area contributed by atoms with Crippen LogP contribution >= 0.6 is 0 Å². The number of piperidine rings is 1. The molecule has 2 aliphatic heterocycles. The van der Waals surface area contributed by atoms with E-state index < -0.39 is 0 Å². The van der Waals surface area contributed by atoms with Gasteiger partial charge in [-0.3, -0.25) is 14.4 Å². The van der Waals surface area contributed by atoms with Crippen LogP contribution in [0.3, 0.4) is 0 Å². The van der Waals surface area contributed by atoms with Gasteiger partial charge in [-0.15, -0.1) is 0 Å². The standard InChI is InChI=1S/C21H35N3O3/c1-15(2)19(24-12-6-9-18(24)25)21(27)23-13-10-17(11-14-23)22-20(26)16-7-4-3-5-8-16/h15-17,19H,3-14H2,1-2H3,(H,22,26). The molecule has 27 heavy (non-hydrogen) atoms. The first-order valence-electron chi connectivity index (χ1n) is 10.9. The molecule has 0 spiro atoms. The number of nitrogens with zero attached hydrogens (tertiary/aromatic N) is 2. The van der Waals surface area contributed by atoms with Crippen LogP contribution in [-0.4, -0.2) is 59.2 Å². The smallest absolute Gasteiger partial charge is 0.245 e. The fraction of sp³-hybridized carbons (Fsp3) is 0.857. The highest BCUT2D eigenvalue weighted by atomic mass is 16.2. The predicted octanol–water partition coefficient (Wildman–Crippen LogP) is 2.32. The fourth-order valence-electron chi connectivity index (χ4n) is 4.86. The number of hydrogen-bond donors (Lipinski definition) is 1. The van der Waals surface area contributed by atoms with Crippen LogP contribution in [0.1, 0.15) is 71.6 Å². The summed E-state index contributed by atoms with van der Waals surface area (Å²) in [6, 6.07) is -0.164. The van der Waals surface area contributed by atoms with Crippen LogP contribution in [0.25, 0.3) is 0 Å². The molecule has 2 heterocycles. The van der Waals surface area contributed by atoms with Gasteiger partial charge in [-0.05, 0) is 38.0 Å². The van der Waals surface area contributed by atoms with E-state index in [-0.39, 0.29) is 41.6 Å². The molecule has 0 aromatic rings. The SMILES string of the molecule is CC(C)C(C(=O)N1CCC(NC(=O)C2CCCCC2)CC1)N1CCCC1=O. The van der Waals surface area contributed by atoms with Crippen molar-refractivity contribution in [1.29, 1.82) is 0 Å². The summed E-state index contributed by atoms with van der Waals surface area (Å²) < 4.78 is 0. The van der Waals surface area contributed by atoms with E-state index in [1.807, 2.05) is 18.7 Å². The van der Waals surface area contributed by atoms with Crippen molar-refractivity contribution in [2.75, 3.05) is 19.6 Å². The molecule has 1 unspecified atom stereocenters. The molecule has 2 saturated heterocycles. The van der Waals surface area contributed by atoms with Crippen LogP contribution in [0.15, 0.2) is 0 Å². The van der Waals surface area contributed by atoms with E-state index >= 15 is 0 Å². The average Bonchev–Trinajstić information content (AvgIpc) is 3.08. The molecule has 0 radical (unpaired) electrons. The summed E-state index contributed by atoms with van der Waals surface area (Å²) in [4.78, 5) is 41.4. The van der Waals surface area contributed by atoms with Crippen LogP contribution in [0.2, 0.25) is 0 Å². The second-order valence-electron chi connectivity index (χ2n) is 8.82. The molecule has 3 rings (SSSR count). The van der Waals surface area contributed by atoms with Crippen LogP contribution in [-0.2, 0) is 14.4 Å². The lowest BCUT2D eigenvalue weighted by molar-refractivity contribution is -0.146. The molecule has 1 aliphatic carbocycles. The average molecular weight is 378 g/mol. The van der Waals surface area contributed by atoms with E-state index in [1.165, 1.54) is 6.42 Å². The second-order valence-corrected chi connectivity index (χ2v) is 8.82. The van der Waals surface area contributed by atoms with Crippen LogP contribution < -0.4 is 5.32 Å². The molecular formula is C21H35N3O3. The molecule has 152 valence electrons. The normalized spacial score (nSPS) is 23.7. The third-order valence-corrected chi connectivity index (χ3v) is 6.46. The summed E-state index contributed by atoms with van der Waals surface area (Å²) in [6.07, 6.45) is 8.64. The Morgan fingerprint density at radius 1 is 0.963 bits per heavy atom. The van der Waals surface area contributed by atoms with Crippen molar-refractivity contribution in [3.8, 4) is 0 Å². The van der Waals surface area contributed by atoms with Crippen molar-refractivity contribution in [2.45, 2.75) is 83.7 Å². The van der Waals surface area contributed by atoms with Crippen molar-refractivity contribution in [3.63, 3.8) is 0 Å². The van der Waals surface area contributed by atoms with Gasteiger partial charge in [0, 0.05) is 38.0 Å². The van der Waals surface area contributed by atoms with E-state index in [9.17, 15) is 14.4 Å². The number of hydrogen-bond acceptors (Lipinski definition) is 3. The first kappa shape index (κ1) is 20.2. The number of carbonyl (C=O) groups excluding carboxylic acids is 3. The molecule has 3 fully saturated rings. The molecule has 0 bridgehead atoms. The zero-order valence-corrected chi connectivity index (χ0v) is 16.9. The topological polar surface area (TPSA) is 69.7 Å². The van der Waals surface area contributed by atoms with Crippen molar-refractivity contribution >= 4 is 17.7 Å². The highest BCUT2D eigenvalue weighted by Gasteiger charge is 2.38. The third kappa shape index (κ3) is 4.82. The maximum Gasteiger partial charge on any atom is 0.245 e. The Hall–Kier alpha value is -1.59. The monoisotopic (exact) mass is 377 g/mol. The van der Waals surface area contributed by atoms with Gasteiger partial charge < -0.3 is 15.1 Å². The molecule has 1 saturated carbocycles. The van der Waals surface area contributed by atoms with Crippen molar-refractivity contribution < 1.29 is 14.4 Å². The predicted molar refractivity (Wildman–Crippen MR) is 104 cm³/mol. The first-order chi connectivity index (χ1) is 13.0. The lowest BCUT2D eigenvalue weighted by Gasteiger charge is -2.38. The summed E-state index contributed by atoms with van der Waals surface area (Å²) in [7, 11) is 0. The van der Waals surface area contributed by atoms with E-state index in [2.05, 4.69) is 5.32 Å². The molecule has 3 amide bonds. The zero-order valence-electron chi connectivity index (χ0n) is 16.9. The van der Waals surface area contributed by atoms with E-state index in [1.54, 1.807) is 4.90 Å². The Morgan fingerprint density at radius 3 is 2.19 bits per heavy atom. The second kappa shape index (κ2) is 9.07. The highest BCUT2D eigenvalue weighted by Crippen LogP contribution is 2.25. The van der Waals surface area contributed by atoms with Gasteiger partial charge in [-0.2, -0.15) is 0 Å².